The fourth-order valence-corrected chi connectivity index (χ4v) is 3.71. The quantitative estimate of drug-likeness (QED) is 0.320. The molecule has 0 spiro atoms. The van der Waals surface area contributed by atoms with Gasteiger partial charge in [0.2, 0.25) is 0 Å². The standard InChI is InChI=1S/C16H11NO3S/c17-13-7-3-9-2-6-12-14(21(18,19)20)8-4-10-1-5-11(13)15(9)16(10)12/h1-8H,17H2,(H,18,19,20). The van der Waals surface area contributed by atoms with Crippen LogP contribution < -0.4 is 5.73 Å². The zero-order chi connectivity index (χ0) is 14.8. The van der Waals surface area contributed by atoms with Gasteiger partial charge >= 0.3 is 0 Å². The first kappa shape index (κ1) is 12.4. The van der Waals surface area contributed by atoms with Gasteiger partial charge in [-0.25, -0.2) is 0 Å². The molecule has 0 aliphatic carbocycles. The van der Waals surface area contributed by atoms with E-state index in [0.717, 1.165) is 26.9 Å². The summed E-state index contributed by atoms with van der Waals surface area (Å²) in [6.45, 7) is 0. The van der Waals surface area contributed by atoms with E-state index in [0.29, 0.717) is 11.1 Å². The molecule has 4 nitrogen and oxygen atoms in total. The predicted molar refractivity (Wildman–Crippen MR) is 84.4 cm³/mol. The van der Waals surface area contributed by atoms with Crippen molar-refractivity contribution >= 4 is 48.1 Å². The van der Waals surface area contributed by atoms with E-state index >= 15 is 0 Å². The molecule has 104 valence electrons. The molecule has 0 aliphatic heterocycles. The Kier molecular flexibility index (Phi) is 2.26. The van der Waals surface area contributed by atoms with Gasteiger partial charge in [-0.15, -0.1) is 0 Å². The van der Waals surface area contributed by atoms with Gasteiger partial charge in [0, 0.05) is 16.5 Å². The molecule has 0 fully saturated rings. The average molecular weight is 297 g/mol. The highest BCUT2D eigenvalue weighted by Crippen LogP contribution is 2.38. The summed E-state index contributed by atoms with van der Waals surface area (Å²) in [5.74, 6) is 0. The third-order valence-electron chi connectivity index (χ3n) is 3.94. The third-order valence-corrected chi connectivity index (χ3v) is 4.85. The lowest BCUT2D eigenvalue weighted by atomic mass is 9.93. The summed E-state index contributed by atoms with van der Waals surface area (Å²) < 4.78 is 32.6. The molecule has 0 saturated heterocycles. The number of nitrogens with two attached hydrogens (primary N) is 1. The second kappa shape index (κ2) is 3.84. The fraction of sp³-hybridized carbons (Fsp3) is 0. The molecule has 3 N–H and O–H groups in total. The normalized spacial score (nSPS) is 12.6. The van der Waals surface area contributed by atoms with Crippen molar-refractivity contribution in [2.75, 3.05) is 5.73 Å². The van der Waals surface area contributed by atoms with Crippen molar-refractivity contribution in [3.8, 4) is 0 Å². The Morgan fingerprint density at radius 3 is 1.95 bits per heavy atom. The molecule has 4 rings (SSSR count). The molecule has 0 amide bonds. The van der Waals surface area contributed by atoms with E-state index in [4.69, 9.17) is 5.73 Å². The van der Waals surface area contributed by atoms with Gasteiger partial charge in [0.15, 0.2) is 0 Å². The molecule has 0 aromatic heterocycles. The maximum atomic E-state index is 11.6. The molecule has 0 bridgehead atoms. The first-order chi connectivity index (χ1) is 9.97. The van der Waals surface area contributed by atoms with Crippen molar-refractivity contribution in [2.24, 2.45) is 0 Å². The Morgan fingerprint density at radius 1 is 0.762 bits per heavy atom. The number of nitrogen functional groups attached to an aromatic ring is 1. The molecule has 4 aromatic carbocycles. The highest BCUT2D eigenvalue weighted by atomic mass is 32.2. The molecule has 0 heterocycles. The highest BCUT2D eigenvalue weighted by Gasteiger charge is 2.17. The maximum absolute atomic E-state index is 11.6. The number of hydrogen-bond acceptors (Lipinski definition) is 3. The molecular weight excluding hydrogens is 286 g/mol. The van der Waals surface area contributed by atoms with Crippen LogP contribution in [0.25, 0.3) is 32.3 Å². The molecular formula is C16H11NO3S. The van der Waals surface area contributed by atoms with Crippen molar-refractivity contribution in [3.05, 3.63) is 48.5 Å². The number of benzene rings is 4. The van der Waals surface area contributed by atoms with Gasteiger partial charge in [-0.05, 0) is 33.7 Å². The minimum Gasteiger partial charge on any atom is -0.398 e. The van der Waals surface area contributed by atoms with E-state index in [2.05, 4.69) is 0 Å². The summed E-state index contributed by atoms with van der Waals surface area (Å²) in [5.41, 5.74) is 6.67. The average Bonchev–Trinajstić information content (AvgIpc) is 2.45. The molecule has 5 heteroatoms. The summed E-state index contributed by atoms with van der Waals surface area (Å²) in [7, 11) is -4.27. The summed E-state index contributed by atoms with van der Waals surface area (Å²) in [4.78, 5) is -0.0770. The topological polar surface area (TPSA) is 80.4 Å². The smallest absolute Gasteiger partial charge is 0.295 e. The van der Waals surface area contributed by atoms with Crippen LogP contribution in [0.2, 0.25) is 0 Å². The molecule has 21 heavy (non-hydrogen) atoms. The first-order valence-electron chi connectivity index (χ1n) is 6.40. The minimum atomic E-state index is -4.27. The second-order valence-electron chi connectivity index (χ2n) is 5.12. The lowest BCUT2D eigenvalue weighted by Gasteiger charge is -2.13. The molecule has 0 aliphatic rings. The minimum absolute atomic E-state index is 0.0770. The second-order valence-corrected chi connectivity index (χ2v) is 6.51. The van der Waals surface area contributed by atoms with Gasteiger partial charge < -0.3 is 5.73 Å². The van der Waals surface area contributed by atoms with Crippen LogP contribution in [0.15, 0.2) is 53.4 Å². The molecule has 0 saturated carbocycles. The van der Waals surface area contributed by atoms with Gasteiger partial charge in [-0.1, -0.05) is 36.4 Å². The lowest BCUT2D eigenvalue weighted by Crippen LogP contribution is -2.00. The van der Waals surface area contributed by atoms with Crippen molar-refractivity contribution in [3.63, 3.8) is 0 Å². The third kappa shape index (κ3) is 1.62. The van der Waals surface area contributed by atoms with Crippen LogP contribution in [0.3, 0.4) is 0 Å². The van der Waals surface area contributed by atoms with E-state index in [-0.39, 0.29) is 4.90 Å². The largest absolute Gasteiger partial charge is 0.398 e. The van der Waals surface area contributed by atoms with Crippen LogP contribution >= 0.6 is 0 Å². The van der Waals surface area contributed by atoms with Crippen molar-refractivity contribution in [1.29, 1.82) is 0 Å². The van der Waals surface area contributed by atoms with Crippen LogP contribution in [-0.2, 0) is 10.1 Å². The number of rotatable bonds is 1. The summed E-state index contributed by atoms with van der Waals surface area (Å²) in [6.07, 6.45) is 0. The Hall–Kier alpha value is -2.37. The molecule has 4 aromatic rings. The zero-order valence-electron chi connectivity index (χ0n) is 10.9. The highest BCUT2D eigenvalue weighted by molar-refractivity contribution is 7.86. The monoisotopic (exact) mass is 297 g/mol. The molecule has 0 unspecified atom stereocenters. The lowest BCUT2D eigenvalue weighted by molar-refractivity contribution is 0.484. The summed E-state index contributed by atoms with van der Waals surface area (Å²) >= 11 is 0. The zero-order valence-corrected chi connectivity index (χ0v) is 11.7. The van der Waals surface area contributed by atoms with Crippen LogP contribution in [0.4, 0.5) is 5.69 Å². The van der Waals surface area contributed by atoms with Crippen molar-refractivity contribution in [1.82, 2.24) is 0 Å². The van der Waals surface area contributed by atoms with Crippen LogP contribution in [0.5, 0.6) is 0 Å². The van der Waals surface area contributed by atoms with E-state index < -0.39 is 10.1 Å². The van der Waals surface area contributed by atoms with Crippen LogP contribution in [0, 0.1) is 0 Å². The fourth-order valence-electron chi connectivity index (χ4n) is 3.02. The summed E-state index contributed by atoms with van der Waals surface area (Å²) in [6, 6.07) is 14.3. The molecule has 0 atom stereocenters. The van der Waals surface area contributed by atoms with Gasteiger partial charge in [-0.3, -0.25) is 4.55 Å². The van der Waals surface area contributed by atoms with E-state index in [1.807, 2.05) is 30.3 Å². The summed E-state index contributed by atoms with van der Waals surface area (Å²) in [5, 5.41) is 5.05. The first-order valence-corrected chi connectivity index (χ1v) is 7.84. The Morgan fingerprint density at radius 2 is 1.29 bits per heavy atom. The van der Waals surface area contributed by atoms with Crippen molar-refractivity contribution < 1.29 is 13.0 Å². The van der Waals surface area contributed by atoms with E-state index in [9.17, 15) is 13.0 Å². The Labute approximate surface area is 120 Å². The number of anilines is 1. The van der Waals surface area contributed by atoms with E-state index in [1.165, 1.54) is 6.07 Å². The van der Waals surface area contributed by atoms with Gasteiger partial charge in [0.05, 0.1) is 0 Å². The van der Waals surface area contributed by atoms with Gasteiger partial charge in [0.25, 0.3) is 10.1 Å². The number of hydrogen-bond donors (Lipinski definition) is 2. The van der Waals surface area contributed by atoms with Crippen molar-refractivity contribution in [2.45, 2.75) is 4.90 Å². The SMILES string of the molecule is Nc1ccc2ccc3c(S(=O)(=O)O)ccc4ccc1c2c43. The van der Waals surface area contributed by atoms with Gasteiger partial charge in [-0.2, -0.15) is 8.42 Å². The van der Waals surface area contributed by atoms with E-state index in [1.54, 1.807) is 12.1 Å². The predicted octanol–water partition coefficient (Wildman–Crippen LogP) is 3.41. The Bertz CT molecular complexity index is 1120. The van der Waals surface area contributed by atoms with Crippen LogP contribution in [-0.4, -0.2) is 13.0 Å². The maximum Gasteiger partial charge on any atom is 0.295 e. The Balaban J connectivity index is 2.39. The molecule has 0 radical (unpaired) electrons. The van der Waals surface area contributed by atoms with Gasteiger partial charge in [0.1, 0.15) is 4.90 Å². The van der Waals surface area contributed by atoms with Crippen LogP contribution in [0.1, 0.15) is 0 Å².